The van der Waals surface area contributed by atoms with Crippen molar-refractivity contribution in [3.63, 3.8) is 0 Å². The third-order valence-electron chi connectivity index (χ3n) is 5.01. The standard InChI is InChI=1S/C23H44N4O3/c1-2-3-4-5-6-7-8-9-10-11-12-13-14-15-16-17-21(28)27-20(22(29)30)18-19-26-23(24)25/h9-10,20H,2-8,11-19H2,1H3,(H,27,28)(H,29,30)(H4,24,25,26)/b10-9-/t20-/m0/s1. The highest BCUT2D eigenvalue weighted by molar-refractivity contribution is 5.83. The van der Waals surface area contributed by atoms with E-state index in [4.69, 9.17) is 16.6 Å². The average Bonchev–Trinajstić information content (AvgIpc) is 2.69. The fraction of sp³-hybridized carbons (Fsp3) is 0.783. The molecule has 174 valence electrons. The van der Waals surface area contributed by atoms with Crippen LogP contribution in [0.15, 0.2) is 17.1 Å². The van der Waals surface area contributed by atoms with Gasteiger partial charge >= 0.3 is 5.97 Å². The van der Waals surface area contributed by atoms with Crippen LogP contribution in [0.3, 0.4) is 0 Å². The van der Waals surface area contributed by atoms with Gasteiger partial charge in [0.05, 0.1) is 0 Å². The van der Waals surface area contributed by atoms with Crippen molar-refractivity contribution in [1.82, 2.24) is 5.32 Å². The van der Waals surface area contributed by atoms with Crippen LogP contribution in [0.2, 0.25) is 0 Å². The number of nitrogens with zero attached hydrogens (tertiary/aromatic N) is 1. The molecule has 0 aliphatic heterocycles. The van der Waals surface area contributed by atoms with Crippen molar-refractivity contribution in [3.05, 3.63) is 12.2 Å². The lowest BCUT2D eigenvalue weighted by atomic mass is 10.1. The van der Waals surface area contributed by atoms with Crippen molar-refractivity contribution in [3.8, 4) is 0 Å². The van der Waals surface area contributed by atoms with Crippen molar-refractivity contribution in [2.45, 2.75) is 109 Å². The van der Waals surface area contributed by atoms with Gasteiger partial charge in [-0.2, -0.15) is 0 Å². The molecule has 0 heterocycles. The number of hydrogen-bond donors (Lipinski definition) is 4. The van der Waals surface area contributed by atoms with Crippen LogP contribution in [-0.2, 0) is 9.59 Å². The quantitative estimate of drug-likeness (QED) is 0.100. The van der Waals surface area contributed by atoms with Crippen LogP contribution in [-0.4, -0.2) is 35.5 Å². The second kappa shape index (κ2) is 20.2. The fourth-order valence-corrected chi connectivity index (χ4v) is 3.20. The van der Waals surface area contributed by atoms with Crippen LogP contribution in [0.5, 0.6) is 0 Å². The minimum Gasteiger partial charge on any atom is -0.480 e. The van der Waals surface area contributed by atoms with Gasteiger partial charge in [0, 0.05) is 13.0 Å². The van der Waals surface area contributed by atoms with Crippen molar-refractivity contribution in [1.29, 1.82) is 0 Å². The first-order chi connectivity index (χ1) is 14.5. The highest BCUT2D eigenvalue weighted by atomic mass is 16.4. The number of nitrogens with two attached hydrogens (primary N) is 2. The summed E-state index contributed by atoms with van der Waals surface area (Å²) in [4.78, 5) is 26.9. The monoisotopic (exact) mass is 424 g/mol. The second-order valence-corrected chi connectivity index (χ2v) is 7.89. The Balaban J connectivity index is 3.60. The van der Waals surface area contributed by atoms with E-state index in [0.717, 1.165) is 25.7 Å². The van der Waals surface area contributed by atoms with Crippen LogP contribution >= 0.6 is 0 Å². The summed E-state index contributed by atoms with van der Waals surface area (Å²) in [6.07, 6.45) is 20.8. The van der Waals surface area contributed by atoms with Crippen LogP contribution in [0, 0.1) is 0 Å². The van der Waals surface area contributed by atoms with Gasteiger partial charge in [0.15, 0.2) is 5.96 Å². The zero-order valence-corrected chi connectivity index (χ0v) is 18.9. The molecule has 0 aliphatic rings. The number of nitrogens with one attached hydrogen (secondary N) is 1. The van der Waals surface area contributed by atoms with Crippen LogP contribution in [0.4, 0.5) is 0 Å². The van der Waals surface area contributed by atoms with Crippen molar-refractivity contribution in [2.75, 3.05) is 6.54 Å². The van der Waals surface area contributed by atoms with Gasteiger partial charge in [0.1, 0.15) is 6.04 Å². The van der Waals surface area contributed by atoms with E-state index in [0.29, 0.717) is 6.42 Å². The predicted molar refractivity (Wildman–Crippen MR) is 124 cm³/mol. The first kappa shape index (κ1) is 27.9. The van der Waals surface area contributed by atoms with E-state index in [1.165, 1.54) is 57.8 Å². The van der Waals surface area contributed by atoms with Gasteiger partial charge in [-0.3, -0.25) is 9.79 Å². The third kappa shape index (κ3) is 19.3. The van der Waals surface area contributed by atoms with Gasteiger partial charge < -0.3 is 21.9 Å². The molecule has 0 radical (unpaired) electrons. The summed E-state index contributed by atoms with van der Waals surface area (Å²) in [5.41, 5.74) is 10.4. The predicted octanol–water partition coefficient (Wildman–Crippen LogP) is 4.26. The summed E-state index contributed by atoms with van der Waals surface area (Å²) in [6.45, 7) is 2.42. The highest BCUT2D eigenvalue weighted by Gasteiger charge is 2.19. The molecule has 1 atom stereocenters. The summed E-state index contributed by atoms with van der Waals surface area (Å²) in [5.74, 6) is -1.39. The molecule has 6 N–H and O–H groups in total. The zero-order valence-electron chi connectivity index (χ0n) is 18.9. The average molecular weight is 425 g/mol. The first-order valence-corrected chi connectivity index (χ1v) is 11.7. The Labute approximate surface area is 182 Å². The Morgan fingerprint density at radius 3 is 1.97 bits per heavy atom. The Morgan fingerprint density at radius 1 is 0.900 bits per heavy atom. The lowest BCUT2D eigenvalue weighted by Gasteiger charge is -2.13. The molecule has 0 fully saturated rings. The number of aliphatic imine (C=N–C) groups is 1. The van der Waals surface area contributed by atoms with Gasteiger partial charge in [0.2, 0.25) is 5.91 Å². The largest absolute Gasteiger partial charge is 0.480 e. The smallest absolute Gasteiger partial charge is 0.326 e. The molecule has 7 nitrogen and oxygen atoms in total. The number of carbonyl (C=O) groups is 2. The summed E-state index contributed by atoms with van der Waals surface area (Å²) < 4.78 is 0. The minimum absolute atomic E-state index is 0.0845. The highest BCUT2D eigenvalue weighted by Crippen LogP contribution is 2.10. The number of aliphatic carboxylic acids is 1. The number of rotatable bonds is 20. The lowest BCUT2D eigenvalue weighted by molar-refractivity contribution is -0.142. The van der Waals surface area contributed by atoms with E-state index < -0.39 is 12.0 Å². The Kier molecular flexibility index (Phi) is 18.8. The summed E-state index contributed by atoms with van der Waals surface area (Å²) in [7, 11) is 0. The SMILES string of the molecule is CCCCCCCC/C=C\CCCCCCCC(=O)N[C@@H](CCN=C(N)N)C(=O)O. The normalized spacial score (nSPS) is 12.0. The minimum atomic E-state index is -1.07. The van der Waals surface area contributed by atoms with E-state index in [9.17, 15) is 9.59 Å². The number of allylic oxidation sites excluding steroid dienone is 2. The first-order valence-electron chi connectivity index (χ1n) is 11.7. The van der Waals surface area contributed by atoms with E-state index >= 15 is 0 Å². The van der Waals surface area contributed by atoms with Gasteiger partial charge in [-0.1, -0.05) is 70.4 Å². The van der Waals surface area contributed by atoms with Crippen molar-refractivity contribution < 1.29 is 14.7 Å². The molecule has 0 spiro atoms. The number of carboxylic acids is 1. The molecule has 0 rings (SSSR count). The van der Waals surface area contributed by atoms with E-state index in [2.05, 4.69) is 29.4 Å². The van der Waals surface area contributed by atoms with Crippen LogP contribution in [0.1, 0.15) is 103 Å². The Morgan fingerprint density at radius 2 is 1.43 bits per heavy atom. The summed E-state index contributed by atoms with van der Waals surface area (Å²) in [6, 6.07) is -0.955. The van der Waals surface area contributed by atoms with Gasteiger partial charge in [0.25, 0.3) is 0 Å². The van der Waals surface area contributed by atoms with Gasteiger partial charge in [-0.15, -0.1) is 0 Å². The number of amides is 1. The van der Waals surface area contributed by atoms with Crippen LogP contribution < -0.4 is 16.8 Å². The van der Waals surface area contributed by atoms with Gasteiger partial charge in [-0.05, 0) is 38.5 Å². The number of unbranched alkanes of at least 4 members (excludes halogenated alkanes) is 11. The Hall–Kier alpha value is -2.05. The maximum atomic E-state index is 11.9. The number of hydrogen-bond acceptors (Lipinski definition) is 3. The molecular formula is C23H44N4O3. The molecule has 30 heavy (non-hydrogen) atoms. The van der Waals surface area contributed by atoms with Crippen LogP contribution in [0.25, 0.3) is 0 Å². The van der Waals surface area contributed by atoms with E-state index in [1.807, 2.05) is 0 Å². The topological polar surface area (TPSA) is 131 Å². The zero-order chi connectivity index (χ0) is 22.5. The van der Waals surface area contributed by atoms with Crippen molar-refractivity contribution >= 4 is 17.8 Å². The van der Waals surface area contributed by atoms with E-state index in [-0.39, 0.29) is 24.8 Å². The molecule has 0 aromatic carbocycles. The molecule has 0 unspecified atom stereocenters. The molecule has 0 aromatic heterocycles. The molecule has 0 aromatic rings. The summed E-state index contributed by atoms with van der Waals surface area (Å²) >= 11 is 0. The van der Waals surface area contributed by atoms with Gasteiger partial charge in [-0.25, -0.2) is 4.79 Å². The number of guanidine groups is 1. The molecule has 7 heteroatoms. The van der Waals surface area contributed by atoms with Crippen molar-refractivity contribution in [2.24, 2.45) is 16.5 Å². The number of carbonyl (C=O) groups excluding carboxylic acids is 1. The summed E-state index contributed by atoms with van der Waals surface area (Å²) in [5, 5.41) is 11.7. The molecule has 1 amide bonds. The fourth-order valence-electron chi connectivity index (χ4n) is 3.20. The lowest BCUT2D eigenvalue weighted by Crippen LogP contribution is -2.41. The third-order valence-corrected chi connectivity index (χ3v) is 5.01. The molecule has 0 saturated carbocycles. The maximum Gasteiger partial charge on any atom is 0.326 e. The second-order valence-electron chi connectivity index (χ2n) is 7.89. The molecule has 0 saturated heterocycles. The number of carboxylic acid groups (broad SMARTS) is 1. The molecule has 0 aliphatic carbocycles. The molecular weight excluding hydrogens is 380 g/mol. The molecule has 0 bridgehead atoms. The maximum absolute atomic E-state index is 11.9. The van der Waals surface area contributed by atoms with E-state index in [1.54, 1.807) is 0 Å². The Bertz CT molecular complexity index is 503.